The largest absolute Gasteiger partial charge is 0.471 e. The number of hydrogen-bond donors (Lipinski definition) is 4. The molecule has 3 aliphatic rings. The van der Waals surface area contributed by atoms with Crippen LogP contribution in [-0.2, 0) is 33.2 Å². The third kappa shape index (κ3) is 12.0. The Morgan fingerprint density at radius 3 is 1.91 bits per heavy atom. The molecule has 3 rings (SSSR count). The van der Waals surface area contributed by atoms with Crippen LogP contribution in [0.1, 0.15) is 123 Å². The van der Waals surface area contributed by atoms with Gasteiger partial charge in [-0.2, -0.15) is 0 Å². The Labute approximate surface area is 275 Å². The molecule has 0 spiro atoms. The number of fused-ring (bicyclic) bond motifs is 1. The van der Waals surface area contributed by atoms with E-state index in [0.717, 1.165) is 12.8 Å². The molecule has 0 bridgehead atoms. The number of carbonyl (C=O) groups is 1. The highest BCUT2D eigenvalue weighted by Gasteiger charge is 2.52. The van der Waals surface area contributed by atoms with Crippen LogP contribution in [0.5, 0.6) is 0 Å². The third-order valence-electron chi connectivity index (χ3n) is 9.70. The summed E-state index contributed by atoms with van der Waals surface area (Å²) >= 11 is 0. The zero-order valence-electron chi connectivity index (χ0n) is 28.4. The van der Waals surface area contributed by atoms with Crippen molar-refractivity contribution in [3.63, 3.8) is 0 Å². The van der Waals surface area contributed by atoms with E-state index in [-0.39, 0.29) is 5.92 Å². The van der Waals surface area contributed by atoms with Crippen LogP contribution >= 0.6 is 0 Å². The summed E-state index contributed by atoms with van der Waals surface area (Å²) in [4.78, 5) is 12.6. The van der Waals surface area contributed by atoms with Gasteiger partial charge in [-0.3, -0.25) is 0 Å². The molecule has 11 nitrogen and oxygen atoms in total. The van der Waals surface area contributed by atoms with Gasteiger partial charge in [0, 0.05) is 18.9 Å². The minimum atomic E-state index is -1.58. The molecule has 0 amide bonds. The number of carbonyl (C=O) groups excluding carboxylic acids is 1. The number of ether oxygens (including phenoxy) is 6. The molecule has 2 fully saturated rings. The van der Waals surface area contributed by atoms with Crippen LogP contribution in [0.15, 0.2) is 11.8 Å². The molecule has 0 radical (unpaired) electrons. The summed E-state index contributed by atoms with van der Waals surface area (Å²) in [6.45, 7) is 4.09. The Morgan fingerprint density at radius 2 is 1.37 bits per heavy atom. The van der Waals surface area contributed by atoms with Crippen LogP contribution in [0.25, 0.3) is 0 Å². The lowest BCUT2D eigenvalue weighted by atomic mass is 9.77. The highest BCUT2D eigenvalue weighted by Crippen LogP contribution is 2.43. The average Bonchev–Trinajstić information content (AvgIpc) is 3.05. The van der Waals surface area contributed by atoms with Crippen molar-refractivity contribution in [3.8, 4) is 0 Å². The molecule has 11 heteroatoms. The maximum atomic E-state index is 12.6. The molecule has 4 N–H and O–H groups in total. The van der Waals surface area contributed by atoms with Crippen molar-refractivity contribution in [2.75, 3.05) is 20.3 Å². The van der Waals surface area contributed by atoms with Gasteiger partial charge in [-0.1, -0.05) is 103 Å². The number of aliphatic hydroxyl groups excluding tert-OH is 4. The zero-order chi connectivity index (χ0) is 33.3. The molecule has 0 saturated carbocycles. The Hall–Kier alpha value is -1.31. The second-order valence-corrected chi connectivity index (χ2v) is 13.3. The second kappa shape index (κ2) is 21.6. The van der Waals surface area contributed by atoms with Gasteiger partial charge >= 0.3 is 5.97 Å². The normalized spacial score (nSPS) is 32.8. The lowest BCUT2D eigenvalue weighted by Gasteiger charge is -2.47. The van der Waals surface area contributed by atoms with Gasteiger partial charge in [0.25, 0.3) is 0 Å². The molecule has 0 aliphatic carbocycles. The van der Waals surface area contributed by atoms with Crippen molar-refractivity contribution in [1.29, 1.82) is 0 Å². The highest BCUT2D eigenvalue weighted by atomic mass is 16.8. The van der Waals surface area contributed by atoms with Crippen LogP contribution in [0.2, 0.25) is 0 Å². The lowest BCUT2D eigenvalue weighted by molar-refractivity contribution is -0.353. The summed E-state index contributed by atoms with van der Waals surface area (Å²) in [6.07, 6.45) is 13.4. The van der Waals surface area contributed by atoms with E-state index < -0.39 is 67.9 Å². The predicted octanol–water partition coefficient (Wildman–Crippen LogP) is 4.86. The summed E-state index contributed by atoms with van der Waals surface area (Å²) in [5, 5.41) is 40.3. The molecule has 268 valence electrons. The number of methoxy groups -OCH3 is 1. The maximum Gasteiger partial charge on any atom is 0.337 e. The summed E-state index contributed by atoms with van der Waals surface area (Å²) < 4.78 is 34.5. The van der Waals surface area contributed by atoms with Crippen molar-refractivity contribution in [2.45, 2.75) is 172 Å². The standard InChI is InChI=1S/C35H62O11/c1-4-5-6-7-8-9-10-11-12-13-14-15-16-17-18-19-20-42-28-21-25-26(33(40)41-3)23-43-34(29(25)24(2)44-28)46-35-32(39)31(38)30(37)27(22-36)45-35/h23-25,27-32,34-39H,4-22H2,1-3H3/t24-,25?,27+,28?,29?,30+,31-,32+,34-,35-/m0/s1. The fourth-order valence-corrected chi connectivity index (χ4v) is 6.87. The van der Waals surface area contributed by atoms with Gasteiger partial charge in [0.15, 0.2) is 12.6 Å². The molecule has 0 aromatic rings. The number of unbranched alkanes of at least 4 members (excludes halogenated alkanes) is 15. The van der Waals surface area contributed by atoms with Crippen molar-refractivity contribution in [3.05, 3.63) is 11.8 Å². The summed E-state index contributed by atoms with van der Waals surface area (Å²) in [5.41, 5.74) is 0.340. The van der Waals surface area contributed by atoms with Crippen LogP contribution in [0.3, 0.4) is 0 Å². The van der Waals surface area contributed by atoms with Crippen LogP contribution < -0.4 is 0 Å². The van der Waals surface area contributed by atoms with E-state index in [1.807, 2.05) is 6.92 Å². The van der Waals surface area contributed by atoms with Gasteiger partial charge in [-0.15, -0.1) is 0 Å². The van der Waals surface area contributed by atoms with Gasteiger partial charge in [-0.05, 0) is 13.3 Å². The minimum absolute atomic E-state index is 0.340. The molecule has 3 heterocycles. The van der Waals surface area contributed by atoms with E-state index >= 15 is 0 Å². The average molecular weight is 659 g/mol. The van der Waals surface area contributed by atoms with Gasteiger partial charge < -0.3 is 48.8 Å². The quantitative estimate of drug-likeness (QED) is 0.0932. The molecular formula is C35H62O11. The Balaban J connectivity index is 1.35. The predicted molar refractivity (Wildman–Crippen MR) is 171 cm³/mol. The van der Waals surface area contributed by atoms with Crippen molar-refractivity contribution in [1.82, 2.24) is 0 Å². The summed E-state index contributed by atoms with van der Waals surface area (Å²) in [6, 6.07) is 0. The van der Waals surface area contributed by atoms with Crippen LogP contribution in [0, 0.1) is 11.8 Å². The second-order valence-electron chi connectivity index (χ2n) is 13.3. The molecule has 46 heavy (non-hydrogen) atoms. The Bertz CT molecular complexity index is 867. The summed E-state index contributed by atoms with van der Waals surface area (Å²) in [7, 11) is 1.31. The Kier molecular flexibility index (Phi) is 18.4. The van der Waals surface area contributed by atoms with E-state index in [9.17, 15) is 25.2 Å². The van der Waals surface area contributed by atoms with E-state index in [0.29, 0.717) is 18.6 Å². The highest BCUT2D eigenvalue weighted by molar-refractivity contribution is 5.88. The first kappa shape index (κ1) is 39.1. The van der Waals surface area contributed by atoms with Gasteiger partial charge in [0.1, 0.15) is 24.4 Å². The minimum Gasteiger partial charge on any atom is -0.471 e. The first-order valence-corrected chi connectivity index (χ1v) is 18.0. The smallest absolute Gasteiger partial charge is 0.337 e. The van der Waals surface area contributed by atoms with Crippen molar-refractivity contribution < 1.29 is 53.6 Å². The fourth-order valence-electron chi connectivity index (χ4n) is 6.87. The maximum absolute atomic E-state index is 12.6. The molecule has 2 saturated heterocycles. The molecule has 0 aromatic heterocycles. The molecule has 0 aromatic carbocycles. The number of esters is 1. The summed E-state index contributed by atoms with van der Waals surface area (Å²) in [5.74, 6) is -1.38. The molecule has 10 atom stereocenters. The SMILES string of the molecule is CCCCCCCCCCCCCCCCCCOC1CC2C(C(=O)OC)=CO[C@@H](O[C@@H]3O[C@H](CO)[C@@H](O)[C@H](O)[C@H]3O)C2[C@H](C)O1. The lowest BCUT2D eigenvalue weighted by Crippen LogP contribution is -2.61. The fraction of sp³-hybridized carbons (Fsp3) is 0.914. The topological polar surface area (TPSA) is 153 Å². The monoisotopic (exact) mass is 658 g/mol. The molecule has 3 aliphatic heterocycles. The van der Waals surface area contributed by atoms with Crippen LogP contribution in [0.4, 0.5) is 0 Å². The first-order chi connectivity index (χ1) is 22.3. The number of hydrogen-bond acceptors (Lipinski definition) is 11. The number of rotatable bonds is 22. The third-order valence-corrected chi connectivity index (χ3v) is 9.70. The van der Waals surface area contributed by atoms with Crippen LogP contribution in [-0.4, -0.2) is 96.1 Å². The number of aliphatic hydroxyl groups is 4. The van der Waals surface area contributed by atoms with Crippen molar-refractivity contribution in [2.24, 2.45) is 11.8 Å². The first-order valence-electron chi connectivity index (χ1n) is 18.0. The van der Waals surface area contributed by atoms with Gasteiger partial charge in [0.05, 0.1) is 37.6 Å². The van der Waals surface area contributed by atoms with E-state index in [2.05, 4.69) is 6.92 Å². The van der Waals surface area contributed by atoms with E-state index in [1.54, 1.807) is 0 Å². The zero-order valence-corrected chi connectivity index (χ0v) is 28.4. The van der Waals surface area contributed by atoms with Crippen molar-refractivity contribution >= 4 is 5.97 Å². The Morgan fingerprint density at radius 1 is 0.804 bits per heavy atom. The van der Waals surface area contributed by atoms with Gasteiger partial charge in [-0.25, -0.2) is 4.79 Å². The van der Waals surface area contributed by atoms with Gasteiger partial charge in [0.2, 0.25) is 6.29 Å². The molecule has 3 unspecified atom stereocenters. The molecular weight excluding hydrogens is 596 g/mol. The van der Waals surface area contributed by atoms with E-state index in [4.69, 9.17) is 28.4 Å². The van der Waals surface area contributed by atoms with E-state index in [1.165, 1.54) is 103 Å².